The summed E-state index contributed by atoms with van der Waals surface area (Å²) in [4.78, 5) is 40.9. The molecule has 62 heavy (non-hydrogen) atoms. The van der Waals surface area contributed by atoms with Gasteiger partial charge in [-0.2, -0.15) is 10.2 Å². The normalized spacial score (nSPS) is 12.0. The van der Waals surface area contributed by atoms with Gasteiger partial charge >= 0.3 is 0 Å². The molecule has 8 aromatic carbocycles. The highest BCUT2D eigenvalue weighted by Crippen LogP contribution is 2.44. The summed E-state index contributed by atoms with van der Waals surface area (Å²) in [5.41, 5.74) is 5.59. The maximum absolute atomic E-state index is 13.9. The molecule has 0 spiro atoms. The SMILES string of the molecule is Cc1ccc(Cl)cc1NC(=O)c1cc2ccccc2c(N=Nc2ccc3c(c2)C(=O)c2cc(N=Nc4c(O)c(C(=O)Nc5cc(Cl)ccc5C)cc5ccccc45)ccc2-3)c1O. The number of phenols is 2. The monoisotopic (exact) mass is 854 g/mol. The van der Waals surface area contributed by atoms with Gasteiger partial charge in [-0.25, -0.2) is 0 Å². The molecule has 0 aromatic heterocycles. The number of hydrogen-bond acceptors (Lipinski definition) is 9. The van der Waals surface area contributed by atoms with Crippen LogP contribution in [-0.2, 0) is 0 Å². The number of carbonyl (C=O) groups excluding carboxylic acids is 3. The van der Waals surface area contributed by atoms with Crippen molar-refractivity contribution in [2.24, 2.45) is 20.5 Å². The molecule has 13 heteroatoms. The molecule has 9 rings (SSSR count). The van der Waals surface area contributed by atoms with Gasteiger partial charge in [0, 0.05) is 43.3 Å². The summed E-state index contributed by atoms with van der Waals surface area (Å²) in [6.07, 6.45) is 0. The van der Waals surface area contributed by atoms with Gasteiger partial charge in [-0.15, -0.1) is 10.2 Å². The predicted octanol–water partition coefficient (Wildman–Crippen LogP) is 13.9. The Hall–Kier alpha value is -7.73. The number of phenolic OH excluding ortho intramolecular Hbond substituents is 2. The van der Waals surface area contributed by atoms with Crippen LogP contribution in [0, 0.1) is 13.8 Å². The molecule has 11 nitrogen and oxygen atoms in total. The van der Waals surface area contributed by atoms with Crippen molar-refractivity contribution >= 4 is 96.5 Å². The maximum Gasteiger partial charge on any atom is 0.259 e. The molecule has 8 aromatic rings. The second-order valence-electron chi connectivity index (χ2n) is 14.7. The molecule has 0 heterocycles. The van der Waals surface area contributed by atoms with Crippen LogP contribution in [0.4, 0.5) is 34.1 Å². The highest BCUT2D eigenvalue weighted by Gasteiger charge is 2.28. The van der Waals surface area contributed by atoms with Gasteiger partial charge in [0.15, 0.2) is 17.3 Å². The van der Waals surface area contributed by atoms with Crippen LogP contribution in [0.3, 0.4) is 0 Å². The fraction of sp³-hybridized carbons (Fsp3) is 0.0408. The van der Waals surface area contributed by atoms with Crippen LogP contribution in [0.1, 0.15) is 47.8 Å². The van der Waals surface area contributed by atoms with Crippen molar-refractivity contribution in [3.05, 3.63) is 177 Å². The fourth-order valence-electron chi connectivity index (χ4n) is 7.42. The molecule has 4 N–H and O–H groups in total. The molecule has 0 aliphatic heterocycles. The third-order valence-corrected chi connectivity index (χ3v) is 11.2. The Balaban J connectivity index is 0.994. The Morgan fingerprint density at radius 2 is 0.919 bits per heavy atom. The van der Waals surface area contributed by atoms with Crippen LogP contribution in [0.15, 0.2) is 154 Å². The first kappa shape index (κ1) is 39.7. The van der Waals surface area contributed by atoms with Gasteiger partial charge in [0.1, 0.15) is 11.4 Å². The van der Waals surface area contributed by atoms with E-state index in [1.54, 1.807) is 121 Å². The Bertz CT molecular complexity index is 3080. The number of fused-ring (bicyclic) bond motifs is 5. The van der Waals surface area contributed by atoms with Crippen LogP contribution >= 0.6 is 23.2 Å². The van der Waals surface area contributed by atoms with Gasteiger partial charge in [-0.3, -0.25) is 14.4 Å². The summed E-state index contributed by atoms with van der Waals surface area (Å²) < 4.78 is 0. The van der Waals surface area contributed by atoms with Gasteiger partial charge < -0.3 is 20.8 Å². The van der Waals surface area contributed by atoms with Crippen molar-refractivity contribution in [3.8, 4) is 22.6 Å². The smallest absolute Gasteiger partial charge is 0.259 e. The Morgan fingerprint density at radius 1 is 0.500 bits per heavy atom. The number of aryl methyl sites for hydroxylation is 2. The van der Waals surface area contributed by atoms with Gasteiger partial charge in [0.2, 0.25) is 0 Å². The molecule has 0 saturated carbocycles. The molecule has 0 fully saturated rings. The molecular formula is C49H32Cl2N6O5. The van der Waals surface area contributed by atoms with Crippen LogP contribution in [-0.4, -0.2) is 27.8 Å². The summed E-state index contributed by atoms with van der Waals surface area (Å²) in [6, 6.07) is 38.0. The number of carbonyl (C=O) groups is 3. The van der Waals surface area contributed by atoms with E-state index in [4.69, 9.17) is 23.2 Å². The summed E-state index contributed by atoms with van der Waals surface area (Å²) in [5.74, 6) is -2.10. The van der Waals surface area contributed by atoms with E-state index in [1.165, 1.54) is 0 Å². The molecule has 0 saturated heterocycles. The average Bonchev–Trinajstić information content (AvgIpc) is 3.54. The molecule has 302 valence electrons. The largest absolute Gasteiger partial charge is 0.505 e. The molecule has 2 amide bonds. The van der Waals surface area contributed by atoms with Crippen molar-refractivity contribution in [2.75, 3.05) is 10.6 Å². The standard InChI is InChI=1S/C49H32Cl2N6O5/c1-25-11-13-29(50)21-41(25)52-48(61)39-19-27-7-3-5-9-33(27)43(46(39)59)56-54-31-15-17-35-36-18-16-32(24-38(36)45(58)37(35)23-31)55-57-44-34-10-6-4-8-28(34)20-40(47(44)60)49(62)53-42-22-30(51)14-12-26(42)2/h3-24,59-60H,1-2H3,(H,52,61)(H,53,62). The highest BCUT2D eigenvalue weighted by atomic mass is 35.5. The topological polar surface area (TPSA) is 165 Å². The highest BCUT2D eigenvalue weighted by molar-refractivity contribution is 6.31. The van der Waals surface area contributed by atoms with Crippen LogP contribution in [0.25, 0.3) is 32.7 Å². The number of hydrogen-bond donors (Lipinski definition) is 4. The van der Waals surface area contributed by atoms with E-state index in [0.717, 1.165) is 11.1 Å². The number of nitrogens with zero attached hydrogens (tertiary/aromatic N) is 4. The van der Waals surface area contributed by atoms with Gasteiger partial charge in [0.05, 0.1) is 22.5 Å². The van der Waals surface area contributed by atoms with Crippen molar-refractivity contribution < 1.29 is 24.6 Å². The minimum atomic E-state index is -0.555. The van der Waals surface area contributed by atoms with E-state index in [-0.39, 0.29) is 39.8 Å². The molecule has 1 aliphatic rings. The van der Waals surface area contributed by atoms with Gasteiger partial charge in [0.25, 0.3) is 11.8 Å². The summed E-state index contributed by atoms with van der Waals surface area (Å²) >= 11 is 12.3. The average molecular weight is 856 g/mol. The van der Waals surface area contributed by atoms with E-state index < -0.39 is 11.8 Å². The van der Waals surface area contributed by atoms with Crippen LogP contribution in [0.2, 0.25) is 10.0 Å². The summed E-state index contributed by atoms with van der Waals surface area (Å²) in [5, 5.41) is 49.5. The lowest BCUT2D eigenvalue weighted by Crippen LogP contribution is -2.13. The summed E-state index contributed by atoms with van der Waals surface area (Å²) in [7, 11) is 0. The third kappa shape index (κ3) is 7.40. The van der Waals surface area contributed by atoms with E-state index in [0.29, 0.717) is 76.6 Å². The number of nitrogens with one attached hydrogen (secondary N) is 2. The minimum Gasteiger partial charge on any atom is -0.505 e. The number of aromatic hydroxyl groups is 2. The minimum absolute atomic E-state index is 0.00459. The second-order valence-corrected chi connectivity index (χ2v) is 15.6. The van der Waals surface area contributed by atoms with Crippen molar-refractivity contribution in [1.82, 2.24) is 0 Å². The predicted molar refractivity (Wildman–Crippen MR) is 243 cm³/mol. The first-order valence-corrected chi connectivity index (χ1v) is 20.0. The van der Waals surface area contributed by atoms with Crippen molar-refractivity contribution in [3.63, 3.8) is 0 Å². The molecule has 0 radical (unpaired) electrons. The second kappa shape index (κ2) is 16.0. The lowest BCUT2D eigenvalue weighted by molar-refractivity contribution is 0.101. The molecular weight excluding hydrogens is 823 g/mol. The van der Waals surface area contributed by atoms with E-state index in [1.807, 2.05) is 26.0 Å². The maximum atomic E-state index is 13.9. The number of amides is 2. The van der Waals surface area contributed by atoms with Crippen molar-refractivity contribution in [2.45, 2.75) is 13.8 Å². The zero-order valence-electron chi connectivity index (χ0n) is 32.9. The summed E-state index contributed by atoms with van der Waals surface area (Å²) in [6.45, 7) is 3.67. The number of ketones is 1. The van der Waals surface area contributed by atoms with E-state index >= 15 is 0 Å². The lowest BCUT2D eigenvalue weighted by Gasteiger charge is -2.12. The quantitative estimate of drug-likeness (QED) is 0.112. The van der Waals surface area contributed by atoms with Crippen LogP contribution in [0.5, 0.6) is 11.5 Å². The van der Waals surface area contributed by atoms with Gasteiger partial charge in [-0.05, 0) is 108 Å². The number of benzene rings is 8. The van der Waals surface area contributed by atoms with Gasteiger partial charge in [-0.1, -0.05) is 96.0 Å². The van der Waals surface area contributed by atoms with E-state index in [2.05, 4.69) is 31.1 Å². The van der Waals surface area contributed by atoms with Crippen molar-refractivity contribution in [1.29, 1.82) is 0 Å². The number of anilines is 2. The number of azo groups is 2. The van der Waals surface area contributed by atoms with E-state index in [9.17, 15) is 24.6 Å². The molecule has 0 atom stereocenters. The Kier molecular flexibility index (Phi) is 10.3. The Morgan fingerprint density at radius 3 is 1.35 bits per heavy atom. The molecule has 1 aliphatic carbocycles. The lowest BCUT2D eigenvalue weighted by atomic mass is 10.0. The zero-order chi connectivity index (χ0) is 43.2. The molecule has 0 unspecified atom stereocenters. The fourth-order valence-corrected chi connectivity index (χ4v) is 7.76. The van der Waals surface area contributed by atoms with Crippen LogP contribution < -0.4 is 10.6 Å². The number of rotatable bonds is 8. The molecule has 0 bridgehead atoms. The first-order chi connectivity index (χ1) is 29.9. The first-order valence-electron chi connectivity index (χ1n) is 19.2. The zero-order valence-corrected chi connectivity index (χ0v) is 34.4. The number of halogens is 2. The third-order valence-electron chi connectivity index (χ3n) is 10.7. The Labute approximate surface area is 364 Å².